The van der Waals surface area contributed by atoms with Crippen molar-refractivity contribution in [1.29, 1.82) is 0 Å². The second-order valence-electron chi connectivity index (χ2n) is 4.25. The fraction of sp³-hybridized carbons (Fsp3) is 0.909. The quantitative estimate of drug-likeness (QED) is 0.572. The molecule has 3 heteroatoms. The van der Waals surface area contributed by atoms with Crippen LogP contribution in [0, 0.1) is 5.92 Å². The molecule has 82 valence electrons. The molecule has 0 saturated heterocycles. The summed E-state index contributed by atoms with van der Waals surface area (Å²) in [5.41, 5.74) is 0. The number of hydrogen-bond acceptors (Lipinski definition) is 1. The molecule has 14 heavy (non-hydrogen) atoms. The number of carbonyl (C=O) groups is 1. The van der Waals surface area contributed by atoms with E-state index in [1.54, 1.807) is 0 Å². The monoisotopic (exact) mass is 217 g/mol. The maximum absolute atomic E-state index is 11.6. The van der Waals surface area contributed by atoms with Crippen molar-refractivity contribution in [3.63, 3.8) is 0 Å². The molecule has 1 aliphatic rings. The molecule has 1 atom stereocenters. The number of halogens is 1. The normalized spacial score (nSPS) is 21.3. The average Bonchev–Trinajstić information content (AvgIpc) is 2.45. The lowest BCUT2D eigenvalue weighted by Gasteiger charge is -2.18. The third-order valence-electron chi connectivity index (χ3n) is 2.88. The topological polar surface area (TPSA) is 29.1 Å². The molecule has 1 N–H and O–H groups in total. The maximum Gasteiger partial charge on any atom is 0.224 e. The minimum atomic E-state index is -0.0556. The Morgan fingerprint density at radius 2 is 1.93 bits per heavy atom. The maximum atomic E-state index is 11.6. The Bertz CT molecular complexity index is 176. The van der Waals surface area contributed by atoms with Gasteiger partial charge in [-0.3, -0.25) is 4.79 Å². The summed E-state index contributed by atoms with van der Waals surface area (Å²) in [5.74, 6) is 0.477. The number of rotatable bonds is 3. The van der Waals surface area contributed by atoms with Crippen molar-refractivity contribution in [2.24, 2.45) is 5.92 Å². The van der Waals surface area contributed by atoms with Crippen molar-refractivity contribution in [3.8, 4) is 0 Å². The first kappa shape index (κ1) is 11.8. The van der Waals surface area contributed by atoms with Crippen LogP contribution in [0.4, 0.5) is 0 Å². The van der Waals surface area contributed by atoms with Crippen molar-refractivity contribution in [2.75, 3.05) is 5.88 Å². The summed E-state index contributed by atoms with van der Waals surface area (Å²) in [4.78, 5) is 11.6. The highest BCUT2D eigenvalue weighted by molar-refractivity contribution is 6.19. The van der Waals surface area contributed by atoms with Crippen LogP contribution in [0.15, 0.2) is 0 Å². The van der Waals surface area contributed by atoms with E-state index in [1.165, 1.54) is 25.7 Å². The molecular weight excluding hydrogens is 198 g/mol. The lowest BCUT2D eigenvalue weighted by molar-refractivity contribution is -0.124. The van der Waals surface area contributed by atoms with Gasteiger partial charge in [0.2, 0.25) is 5.91 Å². The first-order valence-corrected chi connectivity index (χ1v) is 6.14. The Morgan fingerprint density at radius 3 is 2.43 bits per heavy atom. The molecule has 1 saturated carbocycles. The minimum Gasteiger partial charge on any atom is -0.353 e. The molecule has 0 aromatic rings. The standard InChI is InChI=1S/C11H20ClNO/c1-9(8-12)11(14)13-10-6-4-2-3-5-7-10/h9-10H,2-8H2,1H3,(H,13,14). The van der Waals surface area contributed by atoms with Crippen LogP contribution in [-0.2, 0) is 4.79 Å². The summed E-state index contributed by atoms with van der Waals surface area (Å²) in [6, 6.07) is 0.399. The molecule has 1 aliphatic carbocycles. The molecule has 2 nitrogen and oxygen atoms in total. The van der Waals surface area contributed by atoms with Crippen LogP contribution in [0.1, 0.15) is 45.4 Å². The van der Waals surface area contributed by atoms with Gasteiger partial charge >= 0.3 is 0 Å². The summed E-state index contributed by atoms with van der Waals surface area (Å²) < 4.78 is 0. The van der Waals surface area contributed by atoms with E-state index >= 15 is 0 Å². The molecule has 1 rings (SSSR count). The van der Waals surface area contributed by atoms with Crippen molar-refractivity contribution in [1.82, 2.24) is 5.32 Å². The molecule has 0 spiro atoms. The number of nitrogens with one attached hydrogen (secondary N) is 1. The largest absolute Gasteiger partial charge is 0.353 e. The van der Waals surface area contributed by atoms with Gasteiger partial charge in [0, 0.05) is 17.8 Å². The summed E-state index contributed by atoms with van der Waals surface area (Å²) in [7, 11) is 0. The lowest BCUT2D eigenvalue weighted by Crippen LogP contribution is -2.38. The minimum absolute atomic E-state index is 0.0556. The molecule has 0 heterocycles. The van der Waals surface area contributed by atoms with E-state index in [2.05, 4.69) is 5.32 Å². The molecule has 0 bridgehead atoms. The molecule has 0 radical (unpaired) electrons. The van der Waals surface area contributed by atoms with E-state index in [4.69, 9.17) is 11.6 Å². The van der Waals surface area contributed by atoms with Gasteiger partial charge in [-0.2, -0.15) is 0 Å². The van der Waals surface area contributed by atoms with Crippen molar-refractivity contribution >= 4 is 17.5 Å². The van der Waals surface area contributed by atoms with Gasteiger partial charge in [-0.15, -0.1) is 11.6 Å². The summed E-state index contributed by atoms with van der Waals surface area (Å²) in [6.45, 7) is 1.87. The summed E-state index contributed by atoms with van der Waals surface area (Å²) in [5, 5.41) is 3.09. The van der Waals surface area contributed by atoms with Crippen LogP contribution in [0.2, 0.25) is 0 Å². The summed E-state index contributed by atoms with van der Waals surface area (Å²) in [6.07, 6.45) is 7.41. The summed E-state index contributed by atoms with van der Waals surface area (Å²) >= 11 is 5.64. The number of amides is 1. The van der Waals surface area contributed by atoms with Gasteiger partial charge in [0.1, 0.15) is 0 Å². The van der Waals surface area contributed by atoms with Crippen molar-refractivity contribution < 1.29 is 4.79 Å². The average molecular weight is 218 g/mol. The molecule has 1 unspecified atom stereocenters. The van der Waals surface area contributed by atoms with Gasteiger partial charge in [0.25, 0.3) is 0 Å². The SMILES string of the molecule is CC(CCl)C(=O)NC1CCCCCC1. The Morgan fingerprint density at radius 1 is 1.36 bits per heavy atom. The predicted octanol–water partition coefficient (Wildman–Crippen LogP) is 2.70. The Kier molecular flexibility index (Phi) is 5.31. The first-order valence-electron chi connectivity index (χ1n) is 5.60. The van der Waals surface area contributed by atoms with Gasteiger partial charge in [-0.25, -0.2) is 0 Å². The van der Waals surface area contributed by atoms with Crippen molar-refractivity contribution in [3.05, 3.63) is 0 Å². The number of carbonyl (C=O) groups excluding carboxylic acids is 1. The van der Waals surface area contributed by atoms with Gasteiger partial charge in [0.05, 0.1) is 0 Å². The van der Waals surface area contributed by atoms with E-state index in [-0.39, 0.29) is 11.8 Å². The lowest BCUT2D eigenvalue weighted by atomic mass is 10.1. The highest BCUT2D eigenvalue weighted by Crippen LogP contribution is 2.17. The van der Waals surface area contributed by atoms with Crippen LogP contribution in [0.3, 0.4) is 0 Å². The fourth-order valence-corrected chi connectivity index (χ4v) is 1.98. The zero-order chi connectivity index (χ0) is 10.4. The fourth-order valence-electron chi connectivity index (χ4n) is 1.84. The molecule has 0 aliphatic heterocycles. The molecular formula is C11H20ClNO. The zero-order valence-electron chi connectivity index (χ0n) is 8.89. The highest BCUT2D eigenvalue weighted by Gasteiger charge is 2.17. The van der Waals surface area contributed by atoms with Gasteiger partial charge < -0.3 is 5.32 Å². The smallest absolute Gasteiger partial charge is 0.224 e. The van der Waals surface area contributed by atoms with E-state index < -0.39 is 0 Å². The predicted molar refractivity (Wildman–Crippen MR) is 59.5 cm³/mol. The van der Waals surface area contributed by atoms with Gasteiger partial charge in [-0.05, 0) is 12.8 Å². The van der Waals surface area contributed by atoms with E-state index in [0.29, 0.717) is 11.9 Å². The van der Waals surface area contributed by atoms with Crippen LogP contribution >= 0.6 is 11.6 Å². The van der Waals surface area contributed by atoms with E-state index in [0.717, 1.165) is 12.8 Å². The van der Waals surface area contributed by atoms with Gasteiger partial charge in [0.15, 0.2) is 0 Å². The van der Waals surface area contributed by atoms with Crippen LogP contribution < -0.4 is 5.32 Å². The van der Waals surface area contributed by atoms with Crippen LogP contribution in [0.25, 0.3) is 0 Å². The van der Waals surface area contributed by atoms with Crippen LogP contribution in [0.5, 0.6) is 0 Å². The third kappa shape index (κ3) is 3.87. The second kappa shape index (κ2) is 6.28. The molecule has 0 aromatic heterocycles. The Hall–Kier alpha value is -0.240. The highest BCUT2D eigenvalue weighted by atomic mass is 35.5. The Balaban J connectivity index is 2.30. The zero-order valence-corrected chi connectivity index (χ0v) is 9.65. The number of hydrogen-bond donors (Lipinski definition) is 1. The molecule has 1 amide bonds. The third-order valence-corrected chi connectivity index (χ3v) is 3.34. The first-order chi connectivity index (χ1) is 6.74. The van der Waals surface area contributed by atoms with Crippen LogP contribution in [-0.4, -0.2) is 17.8 Å². The van der Waals surface area contributed by atoms with E-state index in [9.17, 15) is 4.79 Å². The second-order valence-corrected chi connectivity index (χ2v) is 4.56. The number of alkyl halides is 1. The van der Waals surface area contributed by atoms with Gasteiger partial charge in [-0.1, -0.05) is 32.6 Å². The molecule has 0 aromatic carbocycles. The Labute approximate surface area is 91.4 Å². The van der Waals surface area contributed by atoms with Crippen molar-refractivity contribution in [2.45, 2.75) is 51.5 Å². The van der Waals surface area contributed by atoms with E-state index in [1.807, 2.05) is 6.92 Å². The molecule has 1 fully saturated rings.